The van der Waals surface area contributed by atoms with E-state index in [1.807, 2.05) is 13.0 Å². The van der Waals surface area contributed by atoms with E-state index < -0.39 is 8.32 Å². The topological polar surface area (TPSA) is 107 Å². The molecule has 0 radical (unpaired) electrons. The van der Waals surface area contributed by atoms with Crippen LogP contribution in [0.3, 0.4) is 0 Å². The Morgan fingerprint density at radius 1 is 1.24 bits per heavy atom. The van der Waals surface area contributed by atoms with E-state index in [4.69, 9.17) is 4.43 Å². The molecule has 1 aliphatic rings. The second-order valence-electron chi connectivity index (χ2n) is 10.4. The van der Waals surface area contributed by atoms with Gasteiger partial charge in [-0.3, -0.25) is 0 Å². The van der Waals surface area contributed by atoms with E-state index in [0.717, 1.165) is 46.4 Å². The van der Waals surface area contributed by atoms with Crippen molar-refractivity contribution >= 4 is 41.7 Å². The molecule has 0 amide bonds. The molecular weight excluding hydrogens is 508 g/mol. The highest BCUT2D eigenvalue weighted by Gasteiger charge is 2.37. The molecule has 0 spiro atoms. The van der Waals surface area contributed by atoms with Crippen LogP contribution in [0.4, 0.5) is 17.5 Å². The average Bonchev–Trinajstić information content (AvgIpc) is 3.22. The van der Waals surface area contributed by atoms with Crippen LogP contribution in [0.2, 0.25) is 18.1 Å². The molecule has 2 N–H and O–H groups in total. The molecule has 34 heavy (non-hydrogen) atoms. The largest absolute Gasteiger partial charge is 0.413 e. The molecule has 0 bridgehead atoms. The Kier molecular flexibility index (Phi) is 8.02. The van der Waals surface area contributed by atoms with Crippen molar-refractivity contribution in [3.05, 3.63) is 39.5 Å². The Morgan fingerprint density at radius 2 is 1.97 bits per heavy atom. The van der Waals surface area contributed by atoms with Gasteiger partial charge in [0.15, 0.2) is 8.32 Å². The van der Waals surface area contributed by atoms with E-state index in [2.05, 4.69) is 82.5 Å². The molecule has 3 rings (SSSR count). The average molecular weight is 542 g/mol. The summed E-state index contributed by atoms with van der Waals surface area (Å²) in [6, 6.07) is 8.50. The number of hydrogen-bond acceptors (Lipinski definition) is 7. The lowest BCUT2D eigenvalue weighted by Crippen LogP contribution is -2.40. The van der Waals surface area contributed by atoms with E-state index in [9.17, 15) is 10.5 Å². The minimum atomic E-state index is -1.95. The molecule has 7 nitrogen and oxygen atoms in total. The first-order valence-corrected chi connectivity index (χ1v) is 15.3. The van der Waals surface area contributed by atoms with Crippen molar-refractivity contribution in [3.8, 4) is 12.1 Å². The first kappa shape index (κ1) is 26.1. The smallest absolute Gasteiger partial charge is 0.229 e. The van der Waals surface area contributed by atoms with E-state index in [0.29, 0.717) is 18.1 Å². The second-order valence-corrected chi connectivity index (χ2v) is 16.0. The van der Waals surface area contributed by atoms with Gasteiger partial charge in [-0.1, -0.05) is 20.8 Å². The zero-order valence-electron chi connectivity index (χ0n) is 20.8. The summed E-state index contributed by atoms with van der Waals surface area (Å²) in [6.07, 6.45) is 4.68. The standard InChI is InChI=1S/C25H33BrN6OSi/c1-16-14-29-24(32-23(16)31-21-9-7-8-17(21)12-27)30-20-10-18(13-28)22(26)19(11-20)15-33-34(5,6)25(2,3)4/h10-11,14,17,21H,7-9,15H2,1-6H3,(H2,29,30,31,32)/t17-,21?/m1/s1. The van der Waals surface area contributed by atoms with Crippen LogP contribution in [0, 0.1) is 35.5 Å². The van der Waals surface area contributed by atoms with Crippen molar-refractivity contribution in [2.45, 2.75) is 77.7 Å². The molecule has 1 aromatic carbocycles. The van der Waals surface area contributed by atoms with Gasteiger partial charge in [0.25, 0.3) is 0 Å². The van der Waals surface area contributed by atoms with Gasteiger partial charge in [-0.2, -0.15) is 15.5 Å². The molecule has 1 aliphatic carbocycles. The molecule has 0 aliphatic heterocycles. The lowest BCUT2D eigenvalue weighted by molar-refractivity contribution is 0.275. The maximum Gasteiger partial charge on any atom is 0.229 e. The first-order chi connectivity index (χ1) is 15.9. The Morgan fingerprint density at radius 3 is 2.62 bits per heavy atom. The van der Waals surface area contributed by atoms with Crippen LogP contribution in [0.25, 0.3) is 0 Å². The molecule has 1 unspecified atom stereocenters. The van der Waals surface area contributed by atoms with Crippen molar-refractivity contribution in [2.24, 2.45) is 5.92 Å². The van der Waals surface area contributed by atoms with E-state index in [-0.39, 0.29) is 17.0 Å². The van der Waals surface area contributed by atoms with E-state index in [1.54, 1.807) is 12.3 Å². The fourth-order valence-electron chi connectivity index (χ4n) is 3.66. The summed E-state index contributed by atoms with van der Waals surface area (Å²) in [7, 11) is -1.95. The van der Waals surface area contributed by atoms with Crippen molar-refractivity contribution in [2.75, 3.05) is 10.6 Å². The number of benzene rings is 1. The number of nitrogens with zero attached hydrogens (tertiary/aromatic N) is 4. The van der Waals surface area contributed by atoms with Crippen molar-refractivity contribution in [1.82, 2.24) is 9.97 Å². The monoisotopic (exact) mass is 540 g/mol. The number of aromatic nitrogens is 2. The molecule has 2 atom stereocenters. The van der Waals surface area contributed by atoms with Crippen molar-refractivity contribution < 1.29 is 4.43 Å². The third kappa shape index (κ3) is 5.96. The van der Waals surface area contributed by atoms with Gasteiger partial charge in [-0.25, -0.2) is 4.98 Å². The Hall–Kier alpha value is -2.46. The van der Waals surface area contributed by atoms with Gasteiger partial charge >= 0.3 is 0 Å². The quantitative estimate of drug-likeness (QED) is 0.372. The number of hydrogen-bond donors (Lipinski definition) is 2. The minimum absolute atomic E-state index is 0.00103. The summed E-state index contributed by atoms with van der Waals surface area (Å²) in [5.74, 6) is 1.16. The van der Waals surface area contributed by atoms with Crippen LogP contribution in [0.5, 0.6) is 0 Å². The number of rotatable bonds is 7. The molecule has 1 heterocycles. The summed E-state index contributed by atoms with van der Waals surface area (Å²) in [5.41, 5.74) is 3.07. The number of anilines is 3. The molecule has 1 saturated carbocycles. The van der Waals surface area contributed by atoms with Crippen molar-refractivity contribution in [1.29, 1.82) is 10.5 Å². The van der Waals surface area contributed by atoms with Gasteiger partial charge < -0.3 is 15.1 Å². The molecule has 0 saturated heterocycles. The Bertz CT molecular complexity index is 1130. The maximum atomic E-state index is 9.67. The van der Waals surface area contributed by atoms with Gasteiger partial charge in [-0.15, -0.1) is 0 Å². The van der Waals surface area contributed by atoms with Gasteiger partial charge in [0.05, 0.1) is 24.2 Å². The van der Waals surface area contributed by atoms with Gasteiger partial charge in [-0.05, 0) is 77.9 Å². The number of nitriles is 2. The summed E-state index contributed by atoms with van der Waals surface area (Å²) in [4.78, 5) is 9.09. The normalized spacial score (nSPS) is 18.3. The minimum Gasteiger partial charge on any atom is -0.413 e. The lowest BCUT2D eigenvalue weighted by atomic mass is 10.1. The fourth-order valence-corrected chi connectivity index (χ4v) is 5.04. The van der Waals surface area contributed by atoms with Crippen LogP contribution in [0.1, 0.15) is 56.7 Å². The highest BCUT2D eigenvalue weighted by molar-refractivity contribution is 9.10. The van der Waals surface area contributed by atoms with E-state index in [1.165, 1.54) is 0 Å². The van der Waals surface area contributed by atoms with Crippen molar-refractivity contribution in [3.63, 3.8) is 0 Å². The molecule has 2 aromatic rings. The summed E-state index contributed by atoms with van der Waals surface area (Å²) < 4.78 is 7.15. The number of halogens is 1. The Balaban J connectivity index is 1.83. The zero-order valence-corrected chi connectivity index (χ0v) is 23.4. The fraction of sp³-hybridized carbons (Fsp3) is 0.520. The van der Waals surface area contributed by atoms with Crippen LogP contribution in [-0.4, -0.2) is 24.3 Å². The third-order valence-electron chi connectivity index (χ3n) is 6.89. The number of nitrogens with one attached hydrogen (secondary N) is 2. The predicted molar refractivity (Wildman–Crippen MR) is 141 cm³/mol. The second kappa shape index (κ2) is 10.4. The zero-order chi connectivity index (χ0) is 25.1. The highest BCUT2D eigenvalue weighted by atomic mass is 79.9. The molecule has 1 fully saturated rings. The third-order valence-corrected chi connectivity index (χ3v) is 12.3. The SMILES string of the molecule is Cc1cnc(Nc2cc(C#N)c(Br)c(CO[Si](C)(C)C(C)(C)C)c2)nc1NC1CCC[C@@H]1C#N. The predicted octanol–water partition coefficient (Wildman–Crippen LogP) is 6.79. The van der Waals surface area contributed by atoms with E-state index >= 15 is 0 Å². The molecule has 9 heteroatoms. The summed E-state index contributed by atoms with van der Waals surface area (Å²) >= 11 is 3.58. The van der Waals surface area contributed by atoms with Crippen LogP contribution in [0.15, 0.2) is 22.8 Å². The molecule has 180 valence electrons. The van der Waals surface area contributed by atoms with Crippen LogP contribution in [-0.2, 0) is 11.0 Å². The van der Waals surface area contributed by atoms with Gasteiger partial charge in [0.1, 0.15) is 11.9 Å². The molecule has 1 aromatic heterocycles. The highest BCUT2D eigenvalue weighted by Crippen LogP contribution is 2.38. The van der Waals surface area contributed by atoms with Crippen LogP contribution >= 0.6 is 15.9 Å². The number of aryl methyl sites for hydroxylation is 1. The lowest BCUT2D eigenvalue weighted by Gasteiger charge is -2.36. The van der Waals surface area contributed by atoms with Gasteiger partial charge in [0, 0.05) is 28.0 Å². The summed E-state index contributed by atoms with van der Waals surface area (Å²) in [6.45, 7) is 13.4. The Labute approximate surface area is 212 Å². The van der Waals surface area contributed by atoms with Crippen LogP contribution < -0.4 is 10.6 Å². The summed E-state index contributed by atoms with van der Waals surface area (Å²) in [5, 5.41) is 25.9. The molecular formula is C25H33BrN6OSi. The first-order valence-electron chi connectivity index (χ1n) is 11.6. The van der Waals surface area contributed by atoms with Gasteiger partial charge in [0.2, 0.25) is 5.95 Å². The maximum absolute atomic E-state index is 9.67.